The Hall–Kier alpha value is -4.13. The number of amides is 1. The lowest BCUT2D eigenvalue weighted by Gasteiger charge is -2.43. The summed E-state index contributed by atoms with van der Waals surface area (Å²) in [5.41, 5.74) is 11.7. The van der Waals surface area contributed by atoms with E-state index in [4.69, 9.17) is 10.5 Å². The van der Waals surface area contributed by atoms with Gasteiger partial charge in [0, 0.05) is 35.3 Å². The van der Waals surface area contributed by atoms with Crippen molar-refractivity contribution in [3.63, 3.8) is 0 Å². The second-order valence-corrected chi connectivity index (χ2v) is 10.2. The van der Waals surface area contributed by atoms with Crippen LogP contribution in [-0.2, 0) is 9.53 Å². The molecule has 2 aromatic carbocycles. The van der Waals surface area contributed by atoms with E-state index in [-0.39, 0.29) is 5.92 Å². The van der Waals surface area contributed by atoms with Gasteiger partial charge in [0.05, 0.1) is 23.7 Å². The summed E-state index contributed by atoms with van der Waals surface area (Å²) in [5.74, 6) is 0.718. The summed E-state index contributed by atoms with van der Waals surface area (Å²) >= 11 is 0. The number of likely N-dealkylation sites (tertiary alicyclic amines) is 1. The Labute approximate surface area is 224 Å². The number of aromatic nitrogens is 3. The summed E-state index contributed by atoms with van der Waals surface area (Å²) in [5, 5.41) is 8.84. The smallest absolute Gasteiger partial charge is 0.248 e. The number of primary amides is 1. The third-order valence-electron chi connectivity index (χ3n) is 7.69. The van der Waals surface area contributed by atoms with Crippen LogP contribution in [0.4, 0.5) is 0 Å². The van der Waals surface area contributed by atoms with Crippen molar-refractivity contribution < 1.29 is 9.53 Å². The first-order valence-electron chi connectivity index (χ1n) is 13.3. The number of piperidine rings is 1. The van der Waals surface area contributed by atoms with E-state index in [0.717, 1.165) is 49.0 Å². The van der Waals surface area contributed by atoms with Crippen LogP contribution in [0, 0.1) is 5.92 Å². The minimum atomic E-state index is -0.503. The highest BCUT2D eigenvalue weighted by atomic mass is 16.5. The maximum Gasteiger partial charge on any atom is 0.248 e. The SMILES string of the molecule is C=C(O/C(=C(\C)C(N)=O)c1ccccc1)C1CC[C@@H](C)N(C(=C2CCC2)c2ccccc2-n2nccn2)C1. The van der Waals surface area contributed by atoms with E-state index in [9.17, 15) is 4.79 Å². The molecule has 1 aromatic heterocycles. The van der Waals surface area contributed by atoms with Gasteiger partial charge in [-0.1, -0.05) is 55.1 Å². The molecule has 2 aliphatic rings. The van der Waals surface area contributed by atoms with Gasteiger partial charge >= 0.3 is 0 Å². The van der Waals surface area contributed by atoms with Crippen molar-refractivity contribution in [2.24, 2.45) is 11.7 Å². The third-order valence-corrected chi connectivity index (χ3v) is 7.69. The Kier molecular flexibility index (Phi) is 7.45. The van der Waals surface area contributed by atoms with Gasteiger partial charge in [0.2, 0.25) is 5.91 Å². The van der Waals surface area contributed by atoms with Crippen LogP contribution in [0.1, 0.15) is 57.1 Å². The van der Waals surface area contributed by atoms with Gasteiger partial charge in [-0.05, 0) is 57.6 Å². The number of carbonyl (C=O) groups is 1. The molecule has 5 rings (SSSR count). The average molecular weight is 510 g/mol. The zero-order valence-corrected chi connectivity index (χ0v) is 22.1. The first kappa shape index (κ1) is 25.5. The molecule has 196 valence electrons. The molecule has 7 heteroatoms. The molecule has 1 aliphatic carbocycles. The van der Waals surface area contributed by atoms with E-state index < -0.39 is 5.91 Å². The fraction of sp³-hybridized carbons (Fsp3) is 0.323. The van der Waals surface area contributed by atoms with Gasteiger partial charge in [0.15, 0.2) is 0 Å². The molecular formula is C31H35N5O2. The molecule has 0 bridgehead atoms. The van der Waals surface area contributed by atoms with Crippen LogP contribution in [0.5, 0.6) is 0 Å². The molecule has 38 heavy (non-hydrogen) atoms. The van der Waals surface area contributed by atoms with Crippen molar-refractivity contribution in [2.75, 3.05) is 6.54 Å². The molecule has 2 atom stereocenters. The molecule has 3 aromatic rings. The summed E-state index contributed by atoms with van der Waals surface area (Å²) in [6, 6.07) is 18.3. The van der Waals surface area contributed by atoms with Crippen LogP contribution in [0.3, 0.4) is 0 Å². The molecule has 1 aliphatic heterocycles. The van der Waals surface area contributed by atoms with Gasteiger partial charge in [0.1, 0.15) is 11.5 Å². The van der Waals surface area contributed by atoms with E-state index in [0.29, 0.717) is 23.1 Å². The summed E-state index contributed by atoms with van der Waals surface area (Å²) in [4.78, 5) is 16.3. The molecule has 2 N–H and O–H groups in total. The number of para-hydroxylation sites is 1. The van der Waals surface area contributed by atoms with Crippen molar-refractivity contribution in [3.8, 4) is 5.69 Å². The number of rotatable bonds is 8. The number of hydrogen-bond donors (Lipinski definition) is 1. The molecule has 1 amide bonds. The Bertz CT molecular complexity index is 1370. The van der Waals surface area contributed by atoms with Gasteiger partial charge in [-0.15, -0.1) is 0 Å². The van der Waals surface area contributed by atoms with Gasteiger partial charge in [-0.25, -0.2) is 0 Å². The van der Waals surface area contributed by atoms with Crippen molar-refractivity contribution in [3.05, 3.63) is 102 Å². The number of carbonyl (C=O) groups excluding carboxylic acids is 1. The molecule has 2 fully saturated rings. The Morgan fingerprint density at radius 2 is 1.71 bits per heavy atom. The summed E-state index contributed by atoms with van der Waals surface area (Å²) < 4.78 is 6.37. The van der Waals surface area contributed by atoms with Crippen LogP contribution < -0.4 is 5.73 Å². The first-order chi connectivity index (χ1) is 18.4. The van der Waals surface area contributed by atoms with Crippen LogP contribution in [-0.4, -0.2) is 38.4 Å². The highest BCUT2D eigenvalue weighted by molar-refractivity contribution is 5.98. The number of nitrogens with two attached hydrogens (primary N) is 1. The molecule has 0 spiro atoms. The van der Waals surface area contributed by atoms with Gasteiger partial charge < -0.3 is 15.4 Å². The largest absolute Gasteiger partial charge is 0.461 e. The number of hydrogen-bond acceptors (Lipinski definition) is 5. The molecule has 2 heterocycles. The summed E-state index contributed by atoms with van der Waals surface area (Å²) in [6.45, 7) is 9.11. The van der Waals surface area contributed by atoms with Gasteiger partial charge in [-0.3, -0.25) is 4.79 Å². The zero-order chi connectivity index (χ0) is 26.6. The van der Waals surface area contributed by atoms with E-state index in [1.54, 1.807) is 24.1 Å². The van der Waals surface area contributed by atoms with Crippen LogP contribution in [0.15, 0.2) is 90.5 Å². The number of nitrogens with zero attached hydrogens (tertiary/aromatic N) is 4. The van der Waals surface area contributed by atoms with E-state index in [2.05, 4.69) is 46.8 Å². The number of ether oxygens (including phenoxy) is 1. The molecular weight excluding hydrogens is 474 g/mol. The van der Waals surface area contributed by atoms with Crippen molar-refractivity contribution in [1.29, 1.82) is 0 Å². The lowest BCUT2D eigenvalue weighted by molar-refractivity contribution is -0.114. The van der Waals surface area contributed by atoms with Crippen LogP contribution in [0.25, 0.3) is 17.1 Å². The minimum absolute atomic E-state index is 0.0938. The van der Waals surface area contributed by atoms with Crippen LogP contribution >= 0.6 is 0 Å². The normalized spacial score (nSPS) is 19.8. The van der Waals surface area contributed by atoms with Crippen molar-refractivity contribution in [2.45, 2.75) is 52.0 Å². The standard InChI is InChI=1S/C31H35N5O2/c1-21-16-17-26(23(3)38-30(22(2)31(32)37)25-10-5-4-6-11-25)20-35(21)29(24-12-9-13-24)27-14-7-8-15-28(27)36-33-18-19-34-36/h4-8,10-11,14-15,18-19,21,26H,3,9,12-13,16-17,20H2,1-2H3,(H2,32,37)/b30-22+/t21-,26?/m1/s1. The highest BCUT2D eigenvalue weighted by Gasteiger charge is 2.33. The Morgan fingerprint density at radius 3 is 2.37 bits per heavy atom. The van der Waals surface area contributed by atoms with E-state index in [1.807, 2.05) is 36.4 Å². The van der Waals surface area contributed by atoms with Crippen LogP contribution in [0.2, 0.25) is 0 Å². The number of benzene rings is 2. The quantitative estimate of drug-likeness (QED) is 0.311. The van der Waals surface area contributed by atoms with Crippen molar-refractivity contribution >= 4 is 17.4 Å². The van der Waals surface area contributed by atoms with Gasteiger partial charge in [-0.2, -0.15) is 15.0 Å². The molecule has 7 nitrogen and oxygen atoms in total. The average Bonchev–Trinajstić information content (AvgIpc) is 3.45. The van der Waals surface area contributed by atoms with E-state index in [1.165, 1.54) is 17.7 Å². The predicted octanol–water partition coefficient (Wildman–Crippen LogP) is 5.71. The molecule has 1 saturated carbocycles. The topological polar surface area (TPSA) is 86.3 Å². The van der Waals surface area contributed by atoms with Crippen molar-refractivity contribution in [1.82, 2.24) is 19.9 Å². The minimum Gasteiger partial charge on any atom is -0.461 e. The van der Waals surface area contributed by atoms with E-state index >= 15 is 0 Å². The fourth-order valence-corrected chi connectivity index (χ4v) is 5.28. The number of allylic oxidation sites excluding steroid dienone is 1. The maximum absolute atomic E-state index is 12.1. The second-order valence-electron chi connectivity index (χ2n) is 10.2. The predicted molar refractivity (Wildman–Crippen MR) is 149 cm³/mol. The van der Waals surface area contributed by atoms with Gasteiger partial charge in [0.25, 0.3) is 0 Å². The summed E-state index contributed by atoms with van der Waals surface area (Å²) in [7, 11) is 0. The lowest BCUT2D eigenvalue weighted by Crippen LogP contribution is -2.42. The Balaban J connectivity index is 1.46. The molecule has 1 saturated heterocycles. The molecule has 0 radical (unpaired) electrons. The first-order valence-corrected chi connectivity index (χ1v) is 13.3. The summed E-state index contributed by atoms with van der Waals surface area (Å²) in [6.07, 6.45) is 8.78. The lowest BCUT2D eigenvalue weighted by atomic mass is 9.84. The highest BCUT2D eigenvalue weighted by Crippen LogP contribution is 2.42. The zero-order valence-electron chi connectivity index (χ0n) is 22.1. The second kappa shape index (κ2) is 11.1. The fourth-order valence-electron chi connectivity index (χ4n) is 5.28. The molecule has 1 unspecified atom stereocenters. The monoisotopic (exact) mass is 509 g/mol. The maximum atomic E-state index is 12.1. The Morgan fingerprint density at radius 1 is 1.03 bits per heavy atom. The third kappa shape index (κ3) is 5.14.